The molecule has 0 bridgehead atoms. The van der Waals surface area contributed by atoms with Crippen LogP contribution in [0.5, 0.6) is 5.75 Å². The molecule has 0 aliphatic carbocycles. The highest BCUT2D eigenvalue weighted by Gasteiger charge is 2.16. The summed E-state index contributed by atoms with van der Waals surface area (Å²) in [4.78, 5) is 0.273. The van der Waals surface area contributed by atoms with Crippen molar-refractivity contribution < 1.29 is 13.2 Å². The second-order valence-electron chi connectivity index (χ2n) is 5.01. The number of hydrogen-bond donors (Lipinski definition) is 2. The lowest BCUT2D eigenvalue weighted by atomic mass is 10.0. The Morgan fingerprint density at radius 3 is 2.65 bits per heavy atom. The number of methoxy groups -OCH3 is 1. The second kappa shape index (κ2) is 7.06. The van der Waals surface area contributed by atoms with Crippen LogP contribution >= 0.6 is 0 Å². The molecule has 5 nitrogen and oxygen atoms in total. The number of ether oxygens (including phenoxy) is 1. The molecule has 1 fully saturated rings. The van der Waals surface area contributed by atoms with Crippen LogP contribution < -0.4 is 14.8 Å². The van der Waals surface area contributed by atoms with Crippen molar-refractivity contribution in [1.29, 1.82) is 0 Å². The molecule has 2 rings (SSSR count). The number of sulfonamides is 1. The summed E-state index contributed by atoms with van der Waals surface area (Å²) in [5, 5.41) is 3.41. The Morgan fingerprint density at radius 2 is 2.05 bits per heavy atom. The maximum Gasteiger partial charge on any atom is 0.240 e. The van der Waals surface area contributed by atoms with Gasteiger partial charge in [0.15, 0.2) is 0 Å². The normalized spacial score (nSPS) is 19.8. The second-order valence-corrected chi connectivity index (χ2v) is 6.78. The Kier molecular flexibility index (Phi) is 5.39. The summed E-state index contributed by atoms with van der Waals surface area (Å²) in [6.45, 7) is 1.50. The zero-order chi connectivity index (χ0) is 14.4. The van der Waals surface area contributed by atoms with E-state index in [0.717, 1.165) is 19.4 Å². The molecule has 1 aliphatic heterocycles. The van der Waals surface area contributed by atoms with E-state index >= 15 is 0 Å². The summed E-state index contributed by atoms with van der Waals surface area (Å²) in [7, 11) is -1.86. The third-order valence-corrected chi connectivity index (χ3v) is 5.04. The van der Waals surface area contributed by atoms with Crippen LogP contribution in [0.3, 0.4) is 0 Å². The summed E-state index contributed by atoms with van der Waals surface area (Å²) in [5.41, 5.74) is 0. The van der Waals surface area contributed by atoms with Gasteiger partial charge in [0, 0.05) is 12.6 Å². The van der Waals surface area contributed by atoms with Gasteiger partial charge in [0.1, 0.15) is 5.75 Å². The van der Waals surface area contributed by atoms with Gasteiger partial charge >= 0.3 is 0 Å². The van der Waals surface area contributed by atoms with Crippen molar-refractivity contribution in [3.8, 4) is 5.75 Å². The SMILES string of the molecule is COc1ccc(S(=O)(=O)NCCC2CCCCN2)cc1. The molecular formula is C14H22N2O3S. The van der Waals surface area contributed by atoms with Gasteiger partial charge in [0.05, 0.1) is 12.0 Å². The minimum atomic E-state index is -3.42. The monoisotopic (exact) mass is 298 g/mol. The molecule has 112 valence electrons. The number of nitrogens with one attached hydrogen (secondary N) is 2. The van der Waals surface area contributed by atoms with Gasteiger partial charge in [-0.3, -0.25) is 0 Å². The highest BCUT2D eigenvalue weighted by Crippen LogP contribution is 2.15. The van der Waals surface area contributed by atoms with Gasteiger partial charge in [-0.15, -0.1) is 0 Å². The molecule has 6 heteroatoms. The van der Waals surface area contributed by atoms with Crippen LogP contribution in [-0.2, 0) is 10.0 Å². The van der Waals surface area contributed by atoms with Crippen LogP contribution in [-0.4, -0.2) is 34.7 Å². The van der Waals surface area contributed by atoms with Crippen molar-refractivity contribution in [2.75, 3.05) is 20.2 Å². The molecule has 1 aliphatic rings. The Bertz CT molecular complexity index is 508. The van der Waals surface area contributed by atoms with E-state index in [4.69, 9.17) is 4.74 Å². The number of benzene rings is 1. The van der Waals surface area contributed by atoms with E-state index in [1.807, 2.05) is 0 Å². The Labute approximate surface area is 120 Å². The molecule has 0 saturated carbocycles. The lowest BCUT2D eigenvalue weighted by molar-refractivity contribution is 0.382. The van der Waals surface area contributed by atoms with E-state index in [2.05, 4.69) is 10.0 Å². The van der Waals surface area contributed by atoms with E-state index in [9.17, 15) is 8.42 Å². The van der Waals surface area contributed by atoms with Crippen LogP contribution in [0.15, 0.2) is 29.2 Å². The first kappa shape index (κ1) is 15.3. The van der Waals surface area contributed by atoms with E-state index in [1.54, 1.807) is 31.4 Å². The van der Waals surface area contributed by atoms with Gasteiger partial charge in [-0.05, 0) is 50.1 Å². The van der Waals surface area contributed by atoms with Crippen molar-refractivity contribution in [1.82, 2.24) is 10.0 Å². The number of rotatable bonds is 6. The predicted molar refractivity (Wildman–Crippen MR) is 78.4 cm³/mol. The Morgan fingerprint density at radius 1 is 1.30 bits per heavy atom. The Balaban J connectivity index is 1.86. The maximum atomic E-state index is 12.1. The molecule has 1 aromatic rings. The molecule has 1 heterocycles. The first-order chi connectivity index (χ1) is 9.62. The molecule has 0 aromatic heterocycles. The van der Waals surface area contributed by atoms with Crippen molar-refractivity contribution in [2.45, 2.75) is 36.6 Å². The minimum absolute atomic E-state index is 0.273. The zero-order valence-corrected chi connectivity index (χ0v) is 12.6. The molecule has 20 heavy (non-hydrogen) atoms. The van der Waals surface area contributed by atoms with Gasteiger partial charge in [0.25, 0.3) is 0 Å². The number of hydrogen-bond acceptors (Lipinski definition) is 4. The zero-order valence-electron chi connectivity index (χ0n) is 11.8. The highest BCUT2D eigenvalue weighted by molar-refractivity contribution is 7.89. The predicted octanol–water partition coefficient (Wildman–Crippen LogP) is 1.51. The Hall–Kier alpha value is -1.11. The average Bonchev–Trinajstić information content (AvgIpc) is 2.48. The minimum Gasteiger partial charge on any atom is -0.497 e. The highest BCUT2D eigenvalue weighted by atomic mass is 32.2. The molecule has 0 radical (unpaired) electrons. The summed E-state index contributed by atoms with van der Waals surface area (Å²) < 4.78 is 31.9. The lowest BCUT2D eigenvalue weighted by Crippen LogP contribution is -2.37. The smallest absolute Gasteiger partial charge is 0.240 e. The van der Waals surface area contributed by atoms with Gasteiger partial charge in [-0.1, -0.05) is 6.42 Å². The van der Waals surface area contributed by atoms with Gasteiger partial charge in [-0.25, -0.2) is 13.1 Å². The van der Waals surface area contributed by atoms with Crippen LogP contribution in [0.25, 0.3) is 0 Å². The topological polar surface area (TPSA) is 67.4 Å². The van der Waals surface area contributed by atoms with Gasteiger partial charge in [0.2, 0.25) is 10.0 Å². The molecule has 0 amide bonds. The van der Waals surface area contributed by atoms with Gasteiger partial charge < -0.3 is 10.1 Å². The standard InChI is InChI=1S/C14H22N2O3S/c1-19-13-5-7-14(8-6-13)20(17,18)16-11-9-12-4-2-3-10-15-12/h5-8,12,15-16H,2-4,9-11H2,1H3. The summed E-state index contributed by atoms with van der Waals surface area (Å²) in [6, 6.07) is 6.84. The van der Waals surface area contributed by atoms with E-state index < -0.39 is 10.0 Å². The molecular weight excluding hydrogens is 276 g/mol. The third-order valence-electron chi connectivity index (χ3n) is 3.57. The van der Waals surface area contributed by atoms with Gasteiger partial charge in [-0.2, -0.15) is 0 Å². The van der Waals surface area contributed by atoms with Crippen LogP contribution in [0.2, 0.25) is 0 Å². The van der Waals surface area contributed by atoms with Crippen LogP contribution in [0, 0.1) is 0 Å². The molecule has 1 unspecified atom stereocenters. The third kappa shape index (κ3) is 4.19. The van der Waals surface area contributed by atoms with Crippen LogP contribution in [0.4, 0.5) is 0 Å². The van der Waals surface area contributed by atoms with Crippen molar-refractivity contribution in [3.63, 3.8) is 0 Å². The molecule has 2 N–H and O–H groups in total. The van der Waals surface area contributed by atoms with Crippen molar-refractivity contribution in [2.24, 2.45) is 0 Å². The van der Waals surface area contributed by atoms with E-state index in [-0.39, 0.29) is 4.90 Å². The fourth-order valence-corrected chi connectivity index (χ4v) is 3.42. The van der Waals surface area contributed by atoms with Crippen molar-refractivity contribution >= 4 is 10.0 Å². The first-order valence-electron chi connectivity index (χ1n) is 6.99. The number of piperidine rings is 1. The van der Waals surface area contributed by atoms with E-state index in [0.29, 0.717) is 18.3 Å². The summed E-state index contributed by atoms with van der Waals surface area (Å²) in [5.74, 6) is 0.648. The lowest BCUT2D eigenvalue weighted by Gasteiger charge is -2.23. The van der Waals surface area contributed by atoms with E-state index in [1.165, 1.54) is 12.8 Å². The molecule has 1 aromatic carbocycles. The fourth-order valence-electron chi connectivity index (χ4n) is 2.38. The fraction of sp³-hybridized carbons (Fsp3) is 0.571. The quantitative estimate of drug-likeness (QED) is 0.835. The largest absolute Gasteiger partial charge is 0.497 e. The summed E-state index contributed by atoms with van der Waals surface area (Å²) in [6.07, 6.45) is 4.40. The molecule has 1 atom stereocenters. The molecule has 1 saturated heterocycles. The maximum absolute atomic E-state index is 12.1. The van der Waals surface area contributed by atoms with Crippen molar-refractivity contribution in [3.05, 3.63) is 24.3 Å². The summed E-state index contributed by atoms with van der Waals surface area (Å²) >= 11 is 0. The first-order valence-corrected chi connectivity index (χ1v) is 8.47. The van der Waals surface area contributed by atoms with Crippen LogP contribution in [0.1, 0.15) is 25.7 Å². The average molecular weight is 298 g/mol. The molecule has 0 spiro atoms.